The van der Waals surface area contributed by atoms with Gasteiger partial charge >= 0.3 is 0 Å². The van der Waals surface area contributed by atoms with Gasteiger partial charge in [0.05, 0.1) is 27.4 Å². The lowest BCUT2D eigenvalue weighted by Crippen LogP contribution is -2.42. The van der Waals surface area contributed by atoms with Crippen LogP contribution in [0.5, 0.6) is 11.5 Å². The third-order valence-corrected chi connectivity index (χ3v) is 4.22. The summed E-state index contributed by atoms with van der Waals surface area (Å²) >= 11 is 0. The summed E-state index contributed by atoms with van der Waals surface area (Å²) < 4.78 is 10.9. The number of nitrogens with zero attached hydrogens (tertiary/aromatic N) is 1. The Bertz CT molecular complexity index is 458. The summed E-state index contributed by atoms with van der Waals surface area (Å²) in [6.07, 6.45) is 2.83. The van der Waals surface area contributed by atoms with E-state index in [-0.39, 0.29) is 13.2 Å². The number of aliphatic hydroxyl groups excluding tert-OH is 2. The Morgan fingerprint density at radius 3 is 2.43 bits per heavy atom. The van der Waals surface area contributed by atoms with Crippen LogP contribution >= 0.6 is 0 Å². The van der Waals surface area contributed by atoms with Crippen molar-refractivity contribution in [2.75, 3.05) is 40.5 Å². The van der Waals surface area contributed by atoms with Crippen LogP contribution in [0.25, 0.3) is 0 Å². The largest absolute Gasteiger partial charge is 0.493 e. The van der Waals surface area contributed by atoms with Crippen molar-refractivity contribution < 1.29 is 19.7 Å². The number of hydrogen-bond acceptors (Lipinski definition) is 5. The van der Waals surface area contributed by atoms with Crippen molar-refractivity contribution in [2.24, 2.45) is 0 Å². The maximum Gasteiger partial charge on any atom is 0.164 e. The fraction of sp³-hybridized carbons (Fsp3) is 0.625. The van der Waals surface area contributed by atoms with Crippen molar-refractivity contribution >= 4 is 0 Å². The van der Waals surface area contributed by atoms with Crippen LogP contribution in [0.3, 0.4) is 0 Å². The van der Waals surface area contributed by atoms with Gasteiger partial charge in [0, 0.05) is 24.7 Å². The second-order valence-electron chi connectivity index (χ2n) is 5.32. The first-order valence-corrected chi connectivity index (χ1v) is 7.43. The second-order valence-corrected chi connectivity index (χ2v) is 5.32. The first kappa shape index (κ1) is 16.1. The van der Waals surface area contributed by atoms with Crippen LogP contribution in [0.2, 0.25) is 0 Å². The molecule has 1 aromatic rings. The zero-order valence-corrected chi connectivity index (χ0v) is 12.8. The van der Waals surface area contributed by atoms with E-state index in [1.54, 1.807) is 14.2 Å². The molecule has 2 rings (SSSR count). The van der Waals surface area contributed by atoms with Gasteiger partial charge < -0.3 is 19.7 Å². The van der Waals surface area contributed by atoms with Crippen LogP contribution in [0.1, 0.15) is 17.5 Å². The fourth-order valence-electron chi connectivity index (χ4n) is 3.21. The zero-order valence-electron chi connectivity index (χ0n) is 12.8. The van der Waals surface area contributed by atoms with Gasteiger partial charge in [-0.25, -0.2) is 0 Å². The van der Waals surface area contributed by atoms with Gasteiger partial charge in [-0.2, -0.15) is 0 Å². The topological polar surface area (TPSA) is 62.2 Å². The van der Waals surface area contributed by atoms with Gasteiger partial charge in [0.15, 0.2) is 11.5 Å². The van der Waals surface area contributed by atoms with Crippen molar-refractivity contribution in [1.29, 1.82) is 0 Å². The Morgan fingerprint density at radius 2 is 1.86 bits per heavy atom. The van der Waals surface area contributed by atoms with Crippen LogP contribution in [0, 0.1) is 0 Å². The molecule has 5 heteroatoms. The van der Waals surface area contributed by atoms with Gasteiger partial charge in [-0.05, 0) is 30.9 Å². The van der Waals surface area contributed by atoms with Gasteiger partial charge in [-0.15, -0.1) is 0 Å². The molecular formula is C16H25NO4. The second kappa shape index (κ2) is 7.64. The number of hydrogen-bond donors (Lipinski definition) is 2. The molecule has 0 aromatic heterocycles. The molecule has 21 heavy (non-hydrogen) atoms. The van der Waals surface area contributed by atoms with Crippen LogP contribution in [0.4, 0.5) is 0 Å². The van der Waals surface area contributed by atoms with Crippen LogP contribution < -0.4 is 9.47 Å². The molecule has 1 aliphatic rings. The predicted molar refractivity (Wildman–Crippen MR) is 81.1 cm³/mol. The first-order chi connectivity index (χ1) is 10.2. The van der Waals surface area contributed by atoms with Crippen LogP contribution in [-0.2, 0) is 12.8 Å². The summed E-state index contributed by atoms with van der Waals surface area (Å²) in [5, 5.41) is 18.4. The van der Waals surface area contributed by atoms with E-state index in [1.807, 2.05) is 6.07 Å². The first-order valence-electron chi connectivity index (χ1n) is 7.43. The summed E-state index contributed by atoms with van der Waals surface area (Å²) in [7, 11) is 3.33. The van der Waals surface area contributed by atoms with Gasteiger partial charge in [-0.3, -0.25) is 4.90 Å². The standard InChI is InChI=1S/C16H25NO4/c1-20-15-6-3-12-11-13(17(7-9-18)8-10-19)4-5-14(12)16(15)21-2/h3,6,13,18-19H,4-5,7-11H2,1-2H3. The molecule has 118 valence electrons. The quantitative estimate of drug-likeness (QED) is 0.781. The molecule has 0 fully saturated rings. The number of aliphatic hydroxyl groups is 2. The SMILES string of the molecule is COc1ccc2c(c1OC)CCC(N(CCO)CCO)C2. The molecule has 1 atom stereocenters. The highest BCUT2D eigenvalue weighted by Gasteiger charge is 2.26. The Hall–Kier alpha value is -1.30. The monoisotopic (exact) mass is 295 g/mol. The Labute approximate surface area is 126 Å². The van der Waals surface area contributed by atoms with Crippen LogP contribution in [-0.4, -0.2) is 61.7 Å². The van der Waals surface area contributed by atoms with E-state index in [1.165, 1.54) is 11.1 Å². The van der Waals surface area contributed by atoms with Crippen molar-refractivity contribution in [3.63, 3.8) is 0 Å². The van der Waals surface area contributed by atoms with Gasteiger partial charge in [0.1, 0.15) is 0 Å². The summed E-state index contributed by atoms with van der Waals surface area (Å²) in [5.41, 5.74) is 2.49. The van der Waals surface area contributed by atoms with E-state index in [4.69, 9.17) is 9.47 Å². The average molecular weight is 295 g/mol. The number of fused-ring (bicyclic) bond motifs is 1. The molecule has 1 aliphatic carbocycles. The number of benzene rings is 1. The smallest absolute Gasteiger partial charge is 0.164 e. The average Bonchev–Trinajstić information content (AvgIpc) is 2.52. The highest BCUT2D eigenvalue weighted by Crippen LogP contribution is 2.38. The Morgan fingerprint density at radius 1 is 1.14 bits per heavy atom. The number of methoxy groups -OCH3 is 2. The molecule has 1 unspecified atom stereocenters. The van der Waals surface area contributed by atoms with Crippen LogP contribution in [0.15, 0.2) is 12.1 Å². The third kappa shape index (κ3) is 3.48. The lowest BCUT2D eigenvalue weighted by molar-refractivity contribution is 0.113. The van der Waals surface area contributed by atoms with E-state index in [0.29, 0.717) is 19.1 Å². The van der Waals surface area contributed by atoms with Gasteiger partial charge in [-0.1, -0.05) is 6.07 Å². The predicted octanol–water partition coefficient (Wildman–Crippen LogP) is 0.848. The van der Waals surface area contributed by atoms with E-state index in [2.05, 4.69) is 11.0 Å². The molecule has 1 aromatic carbocycles. The molecule has 5 nitrogen and oxygen atoms in total. The van der Waals surface area contributed by atoms with Gasteiger partial charge in [0.25, 0.3) is 0 Å². The van der Waals surface area contributed by atoms with Crippen molar-refractivity contribution in [3.05, 3.63) is 23.3 Å². The molecule has 0 aliphatic heterocycles. The fourth-order valence-corrected chi connectivity index (χ4v) is 3.21. The molecule has 2 N–H and O–H groups in total. The Kier molecular flexibility index (Phi) is 5.85. The molecule has 0 saturated heterocycles. The summed E-state index contributed by atoms with van der Waals surface area (Å²) in [6.45, 7) is 1.45. The zero-order chi connectivity index (χ0) is 15.2. The Balaban J connectivity index is 2.20. The molecular weight excluding hydrogens is 270 g/mol. The minimum absolute atomic E-state index is 0.120. The maximum atomic E-state index is 9.18. The van der Waals surface area contributed by atoms with Gasteiger partial charge in [0.2, 0.25) is 0 Å². The highest BCUT2D eigenvalue weighted by molar-refractivity contribution is 5.52. The molecule has 0 radical (unpaired) electrons. The molecule has 0 amide bonds. The van der Waals surface area contributed by atoms with E-state index >= 15 is 0 Å². The normalized spacial score (nSPS) is 17.7. The van der Waals surface area contributed by atoms with Crippen molar-refractivity contribution in [1.82, 2.24) is 4.90 Å². The van der Waals surface area contributed by atoms with E-state index < -0.39 is 0 Å². The lowest BCUT2D eigenvalue weighted by atomic mass is 9.86. The maximum absolute atomic E-state index is 9.18. The molecule has 0 bridgehead atoms. The molecule has 0 spiro atoms. The van der Waals surface area contributed by atoms with Crippen molar-refractivity contribution in [3.8, 4) is 11.5 Å². The van der Waals surface area contributed by atoms with E-state index in [9.17, 15) is 10.2 Å². The van der Waals surface area contributed by atoms with E-state index in [0.717, 1.165) is 30.8 Å². The summed E-state index contributed by atoms with van der Waals surface area (Å²) in [6, 6.07) is 4.40. The summed E-state index contributed by atoms with van der Waals surface area (Å²) in [4.78, 5) is 2.17. The highest BCUT2D eigenvalue weighted by atomic mass is 16.5. The minimum Gasteiger partial charge on any atom is -0.493 e. The molecule has 0 heterocycles. The number of rotatable bonds is 7. The lowest BCUT2D eigenvalue weighted by Gasteiger charge is -2.35. The summed E-state index contributed by atoms with van der Waals surface area (Å²) in [5.74, 6) is 1.61. The van der Waals surface area contributed by atoms with Crippen molar-refractivity contribution in [2.45, 2.75) is 25.3 Å². The minimum atomic E-state index is 0.120. The third-order valence-electron chi connectivity index (χ3n) is 4.22. The molecule has 0 saturated carbocycles. The number of ether oxygens (including phenoxy) is 2.